The van der Waals surface area contributed by atoms with Crippen molar-refractivity contribution in [3.8, 4) is 0 Å². The van der Waals surface area contributed by atoms with Crippen molar-refractivity contribution < 1.29 is 20.4 Å². The van der Waals surface area contributed by atoms with E-state index in [0.29, 0.717) is 11.4 Å². The van der Waals surface area contributed by atoms with E-state index < -0.39 is 11.8 Å². The molecule has 0 fully saturated rings. The molecular formula is C19H26N2O4. The van der Waals surface area contributed by atoms with Gasteiger partial charge in [0.15, 0.2) is 0 Å². The van der Waals surface area contributed by atoms with Crippen molar-refractivity contribution in [1.29, 1.82) is 0 Å². The van der Waals surface area contributed by atoms with E-state index >= 15 is 0 Å². The normalized spacial score (nSPS) is 12.8. The summed E-state index contributed by atoms with van der Waals surface area (Å²) < 4.78 is 0. The third-order valence-electron chi connectivity index (χ3n) is 3.98. The molecule has 0 aliphatic rings. The molecule has 0 saturated carbocycles. The quantitative estimate of drug-likeness (QED) is 0.448. The van der Waals surface area contributed by atoms with E-state index in [0.717, 1.165) is 11.1 Å². The molecular weight excluding hydrogens is 320 g/mol. The van der Waals surface area contributed by atoms with Crippen LogP contribution in [0.1, 0.15) is 38.8 Å². The topological polar surface area (TPSA) is 105 Å². The smallest absolute Gasteiger partial charge is 0.241 e. The summed E-state index contributed by atoms with van der Waals surface area (Å²) in [6.45, 7) is 6.68. The monoisotopic (exact) mass is 346 g/mol. The predicted molar refractivity (Wildman–Crippen MR) is 97.9 cm³/mol. The molecule has 6 N–H and O–H groups in total. The minimum atomic E-state index is -1.96. The molecule has 0 aliphatic heterocycles. The first-order chi connectivity index (χ1) is 11.4. The molecule has 0 aliphatic carbocycles. The van der Waals surface area contributed by atoms with Gasteiger partial charge < -0.3 is 31.1 Å². The summed E-state index contributed by atoms with van der Waals surface area (Å²) >= 11 is 0. The Kier molecular flexibility index (Phi) is 5.11. The fourth-order valence-corrected chi connectivity index (χ4v) is 2.65. The molecule has 136 valence electrons. The summed E-state index contributed by atoms with van der Waals surface area (Å²) in [5.74, 6) is -3.93. The van der Waals surface area contributed by atoms with Crippen LogP contribution in [-0.2, 0) is 5.41 Å². The van der Waals surface area contributed by atoms with Crippen molar-refractivity contribution in [1.82, 2.24) is 0 Å². The first kappa shape index (κ1) is 19.2. The van der Waals surface area contributed by atoms with Crippen LogP contribution in [0.25, 0.3) is 0 Å². The largest absolute Gasteiger partial charge is 0.349 e. The van der Waals surface area contributed by atoms with Crippen LogP contribution in [0.15, 0.2) is 48.5 Å². The van der Waals surface area contributed by atoms with Crippen LogP contribution in [0.3, 0.4) is 0 Å². The van der Waals surface area contributed by atoms with E-state index in [1.54, 1.807) is 24.3 Å². The molecule has 0 amide bonds. The molecule has 6 nitrogen and oxygen atoms in total. The molecule has 2 aromatic carbocycles. The second-order valence-corrected chi connectivity index (χ2v) is 7.07. The van der Waals surface area contributed by atoms with Gasteiger partial charge in [-0.05, 0) is 35.4 Å². The molecule has 0 bridgehead atoms. The van der Waals surface area contributed by atoms with Crippen molar-refractivity contribution in [3.05, 3.63) is 59.7 Å². The second kappa shape index (κ2) is 6.65. The Hall–Kier alpha value is -2.12. The SMILES string of the molecule is CC(O)(O)Nc1ccc(C(C)(C)c2ccc(NC(C)(O)O)cc2)cc1. The van der Waals surface area contributed by atoms with Crippen LogP contribution in [-0.4, -0.2) is 32.2 Å². The predicted octanol–water partition coefficient (Wildman–Crippen LogP) is 2.15. The van der Waals surface area contributed by atoms with Crippen molar-refractivity contribution in [2.75, 3.05) is 10.6 Å². The number of anilines is 2. The lowest BCUT2D eigenvalue weighted by Gasteiger charge is -2.27. The Labute approximate surface area is 147 Å². The van der Waals surface area contributed by atoms with Crippen molar-refractivity contribution in [3.63, 3.8) is 0 Å². The summed E-state index contributed by atoms with van der Waals surface area (Å²) in [6, 6.07) is 14.9. The van der Waals surface area contributed by atoms with Gasteiger partial charge in [0.1, 0.15) is 0 Å². The zero-order chi connectivity index (χ0) is 18.9. The van der Waals surface area contributed by atoms with Gasteiger partial charge >= 0.3 is 0 Å². The number of benzene rings is 2. The Morgan fingerprint density at radius 2 is 0.840 bits per heavy atom. The van der Waals surface area contributed by atoms with Crippen molar-refractivity contribution >= 4 is 11.4 Å². The first-order valence-electron chi connectivity index (χ1n) is 8.04. The Bertz CT molecular complexity index is 635. The highest BCUT2D eigenvalue weighted by Crippen LogP contribution is 2.33. The average Bonchev–Trinajstić information content (AvgIpc) is 2.45. The summed E-state index contributed by atoms with van der Waals surface area (Å²) in [4.78, 5) is 0. The molecule has 2 rings (SSSR count). The molecule has 25 heavy (non-hydrogen) atoms. The van der Waals surface area contributed by atoms with Gasteiger partial charge in [0.25, 0.3) is 0 Å². The van der Waals surface area contributed by atoms with E-state index in [9.17, 15) is 20.4 Å². The average molecular weight is 346 g/mol. The first-order valence-corrected chi connectivity index (χ1v) is 8.04. The zero-order valence-electron chi connectivity index (χ0n) is 14.9. The highest BCUT2D eigenvalue weighted by Gasteiger charge is 2.24. The van der Waals surface area contributed by atoms with Crippen molar-refractivity contribution in [2.24, 2.45) is 0 Å². The molecule has 6 heteroatoms. The van der Waals surface area contributed by atoms with Gasteiger partial charge in [0, 0.05) is 30.6 Å². The molecule has 0 unspecified atom stereocenters. The van der Waals surface area contributed by atoms with E-state index in [1.165, 1.54) is 13.8 Å². The van der Waals surface area contributed by atoms with Gasteiger partial charge in [-0.15, -0.1) is 0 Å². The van der Waals surface area contributed by atoms with Crippen LogP contribution < -0.4 is 10.6 Å². The van der Waals surface area contributed by atoms with Gasteiger partial charge in [-0.25, -0.2) is 0 Å². The van der Waals surface area contributed by atoms with Gasteiger partial charge in [0.05, 0.1) is 0 Å². The minimum Gasteiger partial charge on any atom is -0.349 e. The Morgan fingerprint density at radius 1 is 0.560 bits per heavy atom. The number of nitrogens with one attached hydrogen (secondary N) is 2. The maximum Gasteiger partial charge on any atom is 0.241 e. The van der Waals surface area contributed by atoms with E-state index in [-0.39, 0.29) is 5.41 Å². The van der Waals surface area contributed by atoms with Gasteiger partial charge in [-0.3, -0.25) is 0 Å². The van der Waals surface area contributed by atoms with E-state index in [4.69, 9.17) is 0 Å². The van der Waals surface area contributed by atoms with Crippen molar-refractivity contribution in [2.45, 2.75) is 44.9 Å². The number of rotatable bonds is 6. The van der Waals surface area contributed by atoms with Crippen LogP contribution in [0.5, 0.6) is 0 Å². The van der Waals surface area contributed by atoms with E-state index in [2.05, 4.69) is 24.5 Å². The van der Waals surface area contributed by atoms with Gasteiger partial charge in [-0.1, -0.05) is 38.1 Å². The number of aliphatic hydroxyl groups is 4. The lowest BCUT2D eigenvalue weighted by molar-refractivity contribution is -0.119. The minimum absolute atomic E-state index is 0.277. The third-order valence-corrected chi connectivity index (χ3v) is 3.98. The van der Waals surface area contributed by atoms with Crippen LogP contribution in [0, 0.1) is 0 Å². The molecule has 0 radical (unpaired) electrons. The maximum atomic E-state index is 9.39. The summed E-state index contributed by atoms with van der Waals surface area (Å²) in [5, 5.41) is 42.7. The lowest BCUT2D eigenvalue weighted by Crippen LogP contribution is -2.33. The summed E-state index contributed by atoms with van der Waals surface area (Å²) in [5.41, 5.74) is 3.06. The van der Waals surface area contributed by atoms with Crippen LogP contribution in [0.4, 0.5) is 11.4 Å². The standard InChI is InChI=1S/C19H26N2O4/c1-17(2,13-5-9-15(10-6-13)20-18(3,22)23)14-7-11-16(12-8-14)21-19(4,24)25/h5-12,20-25H,1-4H3. The molecule has 2 aromatic rings. The molecule has 0 saturated heterocycles. The Balaban J connectivity index is 2.20. The highest BCUT2D eigenvalue weighted by molar-refractivity contribution is 5.51. The maximum absolute atomic E-state index is 9.39. The fourth-order valence-electron chi connectivity index (χ4n) is 2.65. The zero-order valence-corrected chi connectivity index (χ0v) is 14.9. The van der Waals surface area contributed by atoms with Gasteiger partial charge in [-0.2, -0.15) is 0 Å². The summed E-state index contributed by atoms with van der Waals surface area (Å²) in [6.07, 6.45) is 0. The summed E-state index contributed by atoms with van der Waals surface area (Å²) in [7, 11) is 0. The number of hydrogen-bond acceptors (Lipinski definition) is 6. The second-order valence-electron chi connectivity index (χ2n) is 7.07. The Morgan fingerprint density at radius 3 is 1.08 bits per heavy atom. The fraction of sp³-hybridized carbons (Fsp3) is 0.368. The molecule has 0 atom stereocenters. The molecule has 0 spiro atoms. The van der Waals surface area contributed by atoms with E-state index in [1.807, 2.05) is 24.3 Å². The van der Waals surface area contributed by atoms with Gasteiger partial charge in [0.2, 0.25) is 11.8 Å². The lowest BCUT2D eigenvalue weighted by atomic mass is 9.78. The molecule has 0 heterocycles. The van der Waals surface area contributed by atoms with Crippen LogP contribution in [0.2, 0.25) is 0 Å². The molecule has 0 aromatic heterocycles. The number of hydrogen-bond donors (Lipinski definition) is 6. The highest BCUT2D eigenvalue weighted by atomic mass is 16.5. The third kappa shape index (κ3) is 5.44. The van der Waals surface area contributed by atoms with Crippen LogP contribution >= 0.6 is 0 Å².